The maximum atomic E-state index is 12.9. The molecule has 11 unspecified atom stereocenters. The van der Waals surface area contributed by atoms with Crippen LogP contribution in [0.2, 0.25) is 0 Å². The van der Waals surface area contributed by atoms with E-state index >= 15 is 0 Å². The van der Waals surface area contributed by atoms with Crippen molar-refractivity contribution in [1.82, 2.24) is 0 Å². The van der Waals surface area contributed by atoms with Crippen LogP contribution in [0.5, 0.6) is 0 Å². The summed E-state index contributed by atoms with van der Waals surface area (Å²) in [6.07, 6.45) is -121. The molecule has 77 nitrogen and oxygen atoms in total. The Bertz CT molecular complexity index is 4750. The Morgan fingerprint density at radius 1 is 0.150 bits per heavy atom. The molecule has 0 saturated carbocycles. The van der Waals surface area contributed by atoms with Gasteiger partial charge in [0.25, 0.3) is 0 Å². The molecule has 0 aromatic heterocycles. The Kier molecular flexibility index (Phi) is 37.8. The molecule has 784 valence electrons. The molecule has 0 spiro atoms. The van der Waals surface area contributed by atoms with Gasteiger partial charge >= 0.3 is 146 Å². The van der Waals surface area contributed by atoms with Gasteiger partial charge in [-0.15, -0.1) is 0 Å². The fraction of sp³-hybridized carbons (Fsp3) is 1.00. The van der Waals surface area contributed by atoms with Crippen molar-refractivity contribution in [1.29, 1.82) is 0 Å². The van der Waals surface area contributed by atoms with Crippen LogP contribution in [0.3, 0.4) is 0 Å². The zero-order valence-electron chi connectivity index (χ0n) is 63.1. The Morgan fingerprint density at radius 2 is 0.241 bits per heavy atom. The third-order valence-corrected chi connectivity index (χ3v) is 23.9. The summed E-state index contributed by atoms with van der Waals surface area (Å²) in [5.41, 5.74) is 0. The molecular formula is C42H70O77S14. The molecule has 133 heavy (non-hydrogen) atoms. The van der Waals surface area contributed by atoms with Crippen LogP contribution in [0, 0.1) is 0 Å². The molecule has 0 aromatic rings. The van der Waals surface area contributed by atoms with Gasteiger partial charge in [0.15, 0.2) is 44.0 Å². The third kappa shape index (κ3) is 35.7. The van der Waals surface area contributed by atoms with E-state index in [1.807, 2.05) is 0 Å². The van der Waals surface area contributed by atoms with Crippen molar-refractivity contribution in [2.75, 3.05) is 46.2 Å². The molecule has 0 aliphatic carbocycles. The van der Waals surface area contributed by atoms with Gasteiger partial charge in [-0.1, -0.05) is 0 Å². The van der Waals surface area contributed by atoms with E-state index in [0.717, 1.165) is 0 Å². The number of rotatable bonds is 35. The van der Waals surface area contributed by atoms with E-state index < -0.39 is 407 Å². The first-order valence-electron chi connectivity index (χ1n) is 33.8. The Labute approximate surface area is 744 Å². The fourth-order valence-corrected chi connectivity index (χ4v) is 18.7. The SMILES string of the molecule is O=S(=O)(O)OC[C@H]1O[C@@H]2O[C@H]3[C@H](OS(=O)(=O)O)[C@@H](O)[C@@H](OC4[C@@H](COS(=O)(=O)O)OC(OC5[C@@H](COS(=O)(=O)O)OC(OC6[C@@H](COS(=O)(=O)O)OC(OC7[C@@H](COS(=O)(=O)O)OC(OC8[C@@H](COS(=O)(=O)O)OC(OC1[C@H](OS(=O)(=O)O)[C@H]2O)[C@H](O)[C@H]8OS(=O)(=O)O)[C@H](O)[C@H]7OS(=O)(=O)O)[C@H](O)[C@H]6OS(=O)(=O)O)[C@H](O)[C@H]5OS(=O)(=O)O)[C@H](O)[C@H]4OS(=O)(=O)O)O[C@@H]3COS(=O)(=O)O. The highest BCUT2D eigenvalue weighted by molar-refractivity contribution is 7.83. The molecule has 21 heterocycles. The molecule has 21 rings (SSSR count). The molecule has 0 aromatic carbocycles. The van der Waals surface area contributed by atoms with Crippen LogP contribution in [0.25, 0.3) is 0 Å². The molecule has 0 radical (unpaired) electrons. The van der Waals surface area contributed by atoms with Gasteiger partial charge in [0, 0.05) is 0 Å². The number of hydrogen-bond donors (Lipinski definition) is 21. The lowest BCUT2D eigenvalue weighted by molar-refractivity contribution is -0.391. The first-order valence-corrected chi connectivity index (χ1v) is 52.9. The Morgan fingerprint density at radius 3 is 0.316 bits per heavy atom. The highest BCUT2D eigenvalue weighted by Crippen LogP contribution is 2.44. The number of aliphatic hydroxyl groups excluding tert-OH is 7. The van der Waals surface area contributed by atoms with E-state index in [1.165, 1.54) is 0 Å². The topological polar surface area (TPSA) is 1160 Å². The summed E-state index contributed by atoms with van der Waals surface area (Å²) in [5, 5.41) is 84.9. The molecule has 21 saturated heterocycles. The zero-order chi connectivity index (χ0) is 101. The molecule has 0 amide bonds. The fourth-order valence-electron chi connectivity index (χ4n) is 13.0. The summed E-state index contributed by atoms with van der Waals surface area (Å²) in [5.74, 6) is 0. The van der Waals surface area contributed by atoms with Crippen molar-refractivity contribution >= 4 is 146 Å². The first-order chi connectivity index (χ1) is 60.0. The van der Waals surface area contributed by atoms with E-state index in [2.05, 4.69) is 58.6 Å². The van der Waals surface area contributed by atoms with Gasteiger partial charge in [-0.3, -0.25) is 63.7 Å². The largest absolute Gasteiger partial charge is 0.397 e. The third-order valence-electron chi connectivity index (χ3n) is 17.6. The second kappa shape index (κ2) is 43.5. The molecular weight excluding hydrogens is 2190 g/mol. The average Bonchev–Trinajstić information content (AvgIpc) is 0.820. The minimum absolute atomic E-state index is 2.23. The predicted octanol–water partition coefficient (Wildman–Crippen LogP) is -17.7. The summed E-state index contributed by atoms with van der Waals surface area (Å²) in [6.45, 7) is -15.6. The molecule has 21 N–H and O–H groups in total. The van der Waals surface area contributed by atoms with Crippen LogP contribution in [0.15, 0.2) is 0 Å². The maximum Gasteiger partial charge on any atom is 0.397 e. The summed E-state index contributed by atoms with van der Waals surface area (Å²) in [4.78, 5) is 0. The van der Waals surface area contributed by atoms with E-state index in [1.54, 1.807) is 0 Å². The number of ether oxygens (including phenoxy) is 14. The van der Waals surface area contributed by atoms with Gasteiger partial charge in [-0.05, 0) is 0 Å². The molecule has 91 heteroatoms. The second-order valence-corrected chi connectivity index (χ2v) is 41.8. The van der Waals surface area contributed by atoms with Crippen LogP contribution in [0.4, 0.5) is 0 Å². The lowest BCUT2D eigenvalue weighted by Gasteiger charge is -2.50. The van der Waals surface area contributed by atoms with Crippen molar-refractivity contribution in [2.45, 2.75) is 215 Å². The highest BCUT2D eigenvalue weighted by atomic mass is 32.3. The van der Waals surface area contributed by atoms with Crippen molar-refractivity contribution < 1.29 is 342 Å². The molecule has 21 aliphatic rings. The van der Waals surface area contributed by atoms with Gasteiger partial charge in [-0.25, -0.2) is 58.6 Å². The Balaban J connectivity index is 1.45. The van der Waals surface area contributed by atoms with Crippen LogP contribution in [-0.4, -0.2) is 479 Å². The zero-order valence-corrected chi connectivity index (χ0v) is 74.6. The van der Waals surface area contributed by atoms with Crippen LogP contribution in [0.1, 0.15) is 0 Å². The molecule has 21 aliphatic heterocycles. The Hall–Kier alpha value is -2.66. The smallest absolute Gasteiger partial charge is 0.385 e. The molecule has 21 fully saturated rings. The number of aliphatic hydroxyl groups is 7. The lowest BCUT2D eigenvalue weighted by Crippen LogP contribution is -2.69. The summed E-state index contributed by atoms with van der Waals surface area (Å²) in [6, 6.07) is 0. The van der Waals surface area contributed by atoms with Crippen molar-refractivity contribution in [3.05, 3.63) is 0 Å². The maximum absolute atomic E-state index is 12.9. The van der Waals surface area contributed by atoms with Crippen LogP contribution >= 0.6 is 0 Å². The summed E-state index contributed by atoms with van der Waals surface area (Å²) >= 11 is 0. The standard InChI is InChI=1S/C42H70O77S14/c43-15-29(113-127(71,72)73)22-8(1-92-120(50,51)52)99-36(15)107-23-9(2-93-121(53,54)55)101-38(17(45)31(23)115-129(77,78)79)109-25-11(4-95-123(59,60)61)103-40(19(47)33(25)117-131(83,84)85)111-27-13(6-97-125(65,66)67)105-42(21(49)35(27)119-133(89,90)91)112-28-14(7-98-126(68,69)70)104-41(20(48)34(28)118-132(86,87)88)110-26-12(5-96-124(62,63)64)102-39(18(46)32(26)116-130(80,81)82)108-24-10(3-94-122(56,57)58)100-37(106-22)16(44)30(24)114-128(74,75)76/h8-49H,1-7H2,(H,50,51,52)(H,53,54,55)(H,56,57,58)(H,59,60,61)(H,62,63,64)(H,65,66,67)(H,68,69,70)(H,71,72,73)(H,74,75,76)(H,77,78,79)(H,80,81,82)(H,83,84,85)(H,86,87,88)(H,89,90,91)/t8-,9-,10-,11-,12-,13-,14-,15-,16-,17-,18-,19-,20-,21-,22-,23?,24?,25?,26?,27?,28?,29-,30-,31-,32-,33-,34-,35-,36-,37-,38?,39?,40?,41?,42?/m1/s1. The van der Waals surface area contributed by atoms with E-state index in [-0.39, 0.29) is 0 Å². The minimum atomic E-state index is -6.58. The van der Waals surface area contributed by atoms with Crippen LogP contribution < -0.4 is 0 Å². The monoisotopic (exact) mass is 2250 g/mol. The summed E-state index contributed by atoms with van der Waals surface area (Å²) in [7, 11) is -89.3. The molecule has 35 atom stereocenters. The van der Waals surface area contributed by atoms with Gasteiger partial charge in [0.05, 0.1) is 46.2 Å². The van der Waals surface area contributed by atoms with Crippen LogP contribution in [-0.2, 0) is 270 Å². The first kappa shape index (κ1) is 116. The van der Waals surface area contributed by atoms with Crippen molar-refractivity contribution in [3.8, 4) is 0 Å². The van der Waals surface area contributed by atoms with Gasteiger partial charge in [-0.2, -0.15) is 118 Å². The predicted molar refractivity (Wildman–Crippen MR) is 374 cm³/mol. The average molecular weight is 2260 g/mol. The van der Waals surface area contributed by atoms with E-state index in [9.17, 15) is 217 Å². The quantitative estimate of drug-likeness (QED) is 0.0262. The van der Waals surface area contributed by atoms with E-state index in [4.69, 9.17) is 66.3 Å². The van der Waals surface area contributed by atoms with Gasteiger partial charge in [0.1, 0.15) is 171 Å². The second-order valence-electron chi connectivity index (χ2n) is 26.8. The summed E-state index contributed by atoms with van der Waals surface area (Å²) < 4.78 is 631. The normalized spacial score (nSPS) is 38.8. The van der Waals surface area contributed by atoms with E-state index in [0.29, 0.717) is 0 Å². The number of hydrogen-bond acceptors (Lipinski definition) is 63. The van der Waals surface area contributed by atoms with Crippen molar-refractivity contribution in [3.63, 3.8) is 0 Å². The minimum Gasteiger partial charge on any atom is -0.385 e. The lowest BCUT2D eigenvalue weighted by atomic mass is 9.95. The van der Waals surface area contributed by atoms with Crippen molar-refractivity contribution in [2.24, 2.45) is 0 Å². The highest BCUT2D eigenvalue weighted by Gasteiger charge is 2.64. The molecule has 14 bridgehead atoms. The van der Waals surface area contributed by atoms with Gasteiger partial charge in [0.2, 0.25) is 0 Å². The van der Waals surface area contributed by atoms with Gasteiger partial charge < -0.3 is 102 Å².